The van der Waals surface area contributed by atoms with Gasteiger partial charge >= 0.3 is 0 Å². The van der Waals surface area contributed by atoms with Gasteiger partial charge in [0.25, 0.3) is 0 Å². The van der Waals surface area contributed by atoms with Gasteiger partial charge in [-0.1, -0.05) is 26.0 Å². The van der Waals surface area contributed by atoms with Crippen molar-refractivity contribution in [3.63, 3.8) is 0 Å². The molecule has 0 spiro atoms. The highest BCUT2D eigenvalue weighted by Crippen LogP contribution is 2.33. The van der Waals surface area contributed by atoms with Crippen LogP contribution in [0, 0.1) is 13.8 Å². The molecule has 0 heterocycles. The Morgan fingerprint density at radius 1 is 1.12 bits per heavy atom. The summed E-state index contributed by atoms with van der Waals surface area (Å²) < 4.78 is 17.2. The van der Waals surface area contributed by atoms with E-state index >= 15 is 0 Å². The molecule has 1 aliphatic rings. The fraction of sp³-hybridized carbons (Fsp3) is 0.474. The Kier molecular flexibility index (Phi) is 5.83. The topological polar surface area (TPSA) is 83.8 Å². The monoisotopic (exact) mass is 363 g/mol. The minimum atomic E-state index is -2.36. The highest BCUT2D eigenvalue weighted by atomic mass is 32.2. The van der Waals surface area contributed by atoms with Crippen LogP contribution in [0.1, 0.15) is 49.8 Å². The van der Waals surface area contributed by atoms with Gasteiger partial charge in [-0.05, 0) is 31.4 Å². The molecule has 0 amide bonds. The number of allylic oxidation sites excluding steroid dienone is 1. The van der Waals surface area contributed by atoms with Crippen LogP contribution in [-0.2, 0) is 19.3 Å². The van der Waals surface area contributed by atoms with Crippen LogP contribution in [0.4, 0.5) is 5.69 Å². The molecule has 1 aromatic rings. The number of aliphatic hydroxyl groups is 1. The Balaban J connectivity index is 2.70. The smallest absolute Gasteiger partial charge is 0.170 e. The number of aryl methyl sites for hydroxylation is 1. The number of rotatable bonds is 4. The molecular formula is C19H25NO4S. The number of nitrogens with zero attached hydrogens (tertiary/aromatic N) is 1. The molecule has 136 valence electrons. The highest BCUT2D eigenvalue weighted by molar-refractivity contribution is 7.93. The first kappa shape index (κ1) is 19.4. The van der Waals surface area contributed by atoms with Crippen molar-refractivity contribution in [2.24, 2.45) is 4.36 Å². The summed E-state index contributed by atoms with van der Waals surface area (Å²) in [7, 11) is -2.36. The molecule has 0 saturated heterocycles. The van der Waals surface area contributed by atoms with Crippen LogP contribution in [0.5, 0.6) is 0 Å². The van der Waals surface area contributed by atoms with Crippen LogP contribution in [0.15, 0.2) is 22.1 Å². The molecule has 1 saturated carbocycles. The molecule has 0 radical (unpaired) electrons. The first-order chi connectivity index (χ1) is 11.7. The molecule has 1 aromatic carbocycles. The van der Waals surface area contributed by atoms with E-state index in [1.54, 1.807) is 19.1 Å². The van der Waals surface area contributed by atoms with Crippen LogP contribution < -0.4 is 0 Å². The maximum atomic E-state index is 12.7. The summed E-state index contributed by atoms with van der Waals surface area (Å²) in [5.74, 6) is -0.0489. The minimum Gasteiger partial charge on any atom is -0.506 e. The lowest BCUT2D eigenvalue weighted by molar-refractivity contribution is -0.123. The number of ketones is 2. The fourth-order valence-electron chi connectivity index (χ4n) is 2.95. The first-order valence-corrected chi connectivity index (χ1v) is 10.4. The summed E-state index contributed by atoms with van der Waals surface area (Å²) in [6, 6.07) is 3.45. The van der Waals surface area contributed by atoms with Crippen LogP contribution in [-0.4, -0.2) is 32.4 Å². The predicted molar refractivity (Wildman–Crippen MR) is 101 cm³/mol. The van der Waals surface area contributed by atoms with Crippen molar-refractivity contribution in [2.45, 2.75) is 47.0 Å². The molecular weight excluding hydrogens is 338 g/mol. The Morgan fingerprint density at radius 3 is 2.20 bits per heavy atom. The number of benzene rings is 1. The van der Waals surface area contributed by atoms with Gasteiger partial charge in [-0.3, -0.25) is 9.59 Å². The Bertz CT molecular complexity index is 846. The highest BCUT2D eigenvalue weighted by Gasteiger charge is 2.28. The molecule has 25 heavy (non-hydrogen) atoms. The van der Waals surface area contributed by atoms with Crippen molar-refractivity contribution in [3.05, 3.63) is 34.4 Å². The molecule has 1 fully saturated rings. The van der Waals surface area contributed by atoms with Gasteiger partial charge < -0.3 is 5.11 Å². The van der Waals surface area contributed by atoms with Gasteiger partial charge in [-0.15, -0.1) is 0 Å². The molecule has 2 rings (SSSR count). The van der Waals surface area contributed by atoms with Gasteiger partial charge in [-0.25, -0.2) is 4.21 Å². The zero-order valence-electron chi connectivity index (χ0n) is 15.2. The number of carbonyl (C=O) groups excluding carboxylic acids is 2. The Labute approximate surface area is 149 Å². The summed E-state index contributed by atoms with van der Waals surface area (Å²) in [4.78, 5) is 24.2. The van der Waals surface area contributed by atoms with Crippen molar-refractivity contribution in [3.8, 4) is 0 Å². The minimum absolute atomic E-state index is 0.115. The van der Waals surface area contributed by atoms with Gasteiger partial charge in [0.05, 0.1) is 15.4 Å². The number of hydrogen-bond acceptors (Lipinski definition) is 5. The second kappa shape index (κ2) is 7.52. The quantitative estimate of drug-likeness (QED) is 0.497. The average molecular weight is 363 g/mol. The third kappa shape index (κ3) is 3.84. The standard InChI is InChI=1S/C19H25NO4S/c1-5-25(24,6-2)20-18-12(3)10-11-14(13(18)4)19(23)17-15(21)8-7-9-16(17)22/h10-11,23H,5-9H2,1-4H3. The molecule has 0 atom stereocenters. The second-order valence-electron chi connectivity index (χ2n) is 6.27. The molecule has 0 unspecified atom stereocenters. The van der Waals surface area contributed by atoms with Crippen molar-refractivity contribution in [1.29, 1.82) is 0 Å². The largest absolute Gasteiger partial charge is 0.506 e. The normalized spacial score (nSPS) is 15.4. The van der Waals surface area contributed by atoms with E-state index in [9.17, 15) is 18.9 Å². The molecule has 1 N–H and O–H groups in total. The van der Waals surface area contributed by atoms with E-state index in [1.165, 1.54) is 0 Å². The Hall–Kier alpha value is -1.95. The third-order valence-electron chi connectivity index (χ3n) is 4.65. The maximum absolute atomic E-state index is 12.7. The van der Waals surface area contributed by atoms with Gasteiger partial charge in [0.2, 0.25) is 0 Å². The number of aliphatic hydroxyl groups excluding tert-OH is 1. The first-order valence-electron chi connectivity index (χ1n) is 8.56. The zero-order chi connectivity index (χ0) is 18.8. The van der Waals surface area contributed by atoms with E-state index in [4.69, 9.17) is 0 Å². The zero-order valence-corrected chi connectivity index (χ0v) is 16.0. The van der Waals surface area contributed by atoms with Gasteiger partial charge in [-0.2, -0.15) is 4.36 Å². The third-order valence-corrected chi connectivity index (χ3v) is 6.97. The van der Waals surface area contributed by atoms with Gasteiger partial charge in [0, 0.05) is 29.9 Å². The Morgan fingerprint density at radius 2 is 1.68 bits per heavy atom. The van der Waals surface area contributed by atoms with Gasteiger partial charge in [0.15, 0.2) is 11.6 Å². The summed E-state index contributed by atoms with van der Waals surface area (Å²) in [6.07, 6.45) is 1.07. The van der Waals surface area contributed by atoms with Crippen LogP contribution in [0.3, 0.4) is 0 Å². The van der Waals surface area contributed by atoms with E-state index in [2.05, 4.69) is 4.36 Å². The second-order valence-corrected chi connectivity index (χ2v) is 9.15. The molecule has 0 aliphatic heterocycles. The maximum Gasteiger partial charge on any atom is 0.170 e. The summed E-state index contributed by atoms with van der Waals surface area (Å²) in [5, 5.41) is 10.6. The van der Waals surface area contributed by atoms with Crippen LogP contribution in [0.2, 0.25) is 0 Å². The van der Waals surface area contributed by atoms with E-state index in [-0.39, 0.29) is 35.7 Å². The van der Waals surface area contributed by atoms with Crippen LogP contribution >= 0.6 is 0 Å². The molecule has 1 aliphatic carbocycles. The molecule has 0 aromatic heterocycles. The molecule has 6 heteroatoms. The van der Waals surface area contributed by atoms with Crippen molar-refractivity contribution >= 4 is 32.7 Å². The lowest BCUT2D eigenvalue weighted by Crippen LogP contribution is -2.20. The van der Waals surface area contributed by atoms with Crippen molar-refractivity contribution in [1.82, 2.24) is 0 Å². The van der Waals surface area contributed by atoms with E-state index in [0.717, 1.165) is 5.56 Å². The average Bonchev–Trinajstić information content (AvgIpc) is 2.58. The lowest BCUT2D eigenvalue weighted by atomic mass is 9.88. The van der Waals surface area contributed by atoms with Crippen LogP contribution in [0.25, 0.3) is 5.76 Å². The SMILES string of the molecule is CCS(=O)(CC)=Nc1c(C)ccc(C(O)=C2C(=O)CCCC2=O)c1C. The molecule has 5 nitrogen and oxygen atoms in total. The summed E-state index contributed by atoms with van der Waals surface area (Å²) in [5.41, 5.74) is 2.32. The number of hydrogen-bond donors (Lipinski definition) is 1. The molecule has 0 bridgehead atoms. The number of Topliss-reactive ketones (excluding diaryl/α,β-unsaturated/α-hetero) is 2. The van der Waals surface area contributed by atoms with Crippen molar-refractivity contribution < 1.29 is 18.9 Å². The summed E-state index contributed by atoms with van der Waals surface area (Å²) >= 11 is 0. The van der Waals surface area contributed by atoms with E-state index < -0.39 is 9.73 Å². The lowest BCUT2D eigenvalue weighted by Gasteiger charge is -2.17. The summed E-state index contributed by atoms with van der Waals surface area (Å²) in [6.45, 7) is 7.30. The van der Waals surface area contributed by atoms with Gasteiger partial charge in [0.1, 0.15) is 11.3 Å². The fourth-order valence-corrected chi connectivity index (χ4v) is 4.23. The number of carbonyl (C=O) groups is 2. The predicted octanol–water partition coefficient (Wildman–Crippen LogP) is 4.03. The van der Waals surface area contributed by atoms with E-state index in [1.807, 2.05) is 20.8 Å². The van der Waals surface area contributed by atoms with E-state index in [0.29, 0.717) is 34.7 Å². The van der Waals surface area contributed by atoms with Crippen molar-refractivity contribution in [2.75, 3.05) is 11.5 Å².